The Hall–Kier alpha value is -5.74. The van der Waals surface area contributed by atoms with Crippen LogP contribution in [0.25, 0.3) is 0 Å². The highest BCUT2D eigenvalue weighted by Crippen LogP contribution is 2.43. The number of carboxylic acids is 2. The van der Waals surface area contributed by atoms with Crippen LogP contribution in [0.5, 0.6) is 11.5 Å². The number of anilines is 1. The third-order valence-electron chi connectivity index (χ3n) is 9.31. The molecule has 268 valence electrons. The van der Waals surface area contributed by atoms with E-state index in [-0.39, 0.29) is 40.0 Å². The summed E-state index contributed by atoms with van der Waals surface area (Å²) in [6.45, 7) is -0.603. The Kier molecular flexibility index (Phi) is 7.91. The van der Waals surface area contributed by atoms with E-state index in [0.717, 1.165) is 12.1 Å². The number of fused-ring (bicyclic) bond motifs is 3. The van der Waals surface area contributed by atoms with Gasteiger partial charge in [-0.3, -0.25) is 28.9 Å². The second-order valence-corrected chi connectivity index (χ2v) is 13.3. The van der Waals surface area contributed by atoms with E-state index in [9.17, 15) is 54.0 Å². The number of ketones is 1. The summed E-state index contributed by atoms with van der Waals surface area (Å²) in [4.78, 5) is 107. The number of phenolic OH excluding ortho intramolecular Hbond substituents is 2. The molecule has 6 heterocycles. The van der Waals surface area contributed by atoms with Crippen molar-refractivity contribution in [1.29, 1.82) is 0 Å². The number of hydrogen-bond donors (Lipinski definition) is 5. The number of imide groups is 1. The number of amides is 3. The first-order valence-electron chi connectivity index (χ1n) is 15.3. The van der Waals surface area contributed by atoms with Crippen molar-refractivity contribution >= 4 is 63.8 Å². The highest BCUT2D eigenvalue weighted by molar-refractivity contribution is 7.09. The number of carbonyl (C=O) groups excluding carboxylic acids is 5. The van der Waals surface area contributed by atoms with Crippen LogP contribution in [-0.4, -0.2) is 123 Å². The van der Waals surface area contributed by atoms with E-state index in [1.165, 1.54) is 0 Å². The van der Waals surface area contributed by atoms with Gasteiger partial charge in [-0.25, -0.2) is 14.4 Å². The number of nitrogens with two attached hydrogens (primary N) is 1. The number of phenols is 2. The number of aromatic nitrogens is 2. The van der Waals surface area contributed by atoms with E-state index in [0.29, 0.717) is 29.3 Å². The number of benzene rings is 1. The van der Waals surface area contributed by atoms with Crippen LogP contribution >= 0.6 is 11.5 Å². The molecule has 0 saturated carbocycles. The van der Waals surface area contributed by atoms with Crippen LogP contribution in [0.4, 0.5) is 5.13 Å². The fourth-order valence-electron chi connectivity index (χ4n) is 6.81. The van der Waals surface area contributed by atoms with E-state index in [2.05, 4.69) is 14.5 Å². The van der Waals surface area contributed by atoms with E-state index in [4.69, 9.17) is 24.9 Å². The number of cyclic esters (lactones) is 1. The van der Waals surface area contributed by atoms with Crippen LogP contribution in [0.1, 0.15) is 65.1 Å². The molecular weight excluding hydrogens is 704 g/mol. The lowest BCUT2D eigenvalue weighted by atomic mass is 9.90. The Labute approximate surface area is 288 Å². The Morgan fingerprint density at radius 1 is 1.00 bits per heavy atom. The van der Waals surface area contributed by atoms with Crippen molar-refractivity contribution in [3.05, 3.63) is 29.1 Å². The zero-order chi connectivity index (χ0) is 36.6. The molecule has 6 N–H and O–H groups in total. The molecule has 4 saturated heterocycles. The predicted octanol–water partition coefficient (Wildman–Crippen LogP) is -0.841. The lowest BCUT2D eigenvalue weighted by Gasteiger charge is -2.34. The number of Topliss-reactive ketones (excluding diaryl/α,β-unsaturated/α-hetero) is 1. The second kappa shape index (κ2) is 11.9. The molecule has 22 heteroatoms. The number of rotatable bonds is 10. The average Bonchev–Trinajstić information content (AvgIpc) is 3.88. The first kappa shape index (κ1) is 33.7. The zero-order valence-electron chi connectivity index (χ0n) is 25.9. The Morgan fingerprint density at radius 2 is 1.63 bits per heavy atom. The number of carbonyl (C=O) groups is 7. The molecule has 2 bridgehead atoms. The number of oxime groups is 1. The van der Waals surface area contributed by atoms with Crippen molar-refractivity contribution in [2.45, 2.75) is 68.1 Å². The summed E-state index contributed by atoms with van der Waals surface area (Å²) in [5.41, 5.74) is -0.356. The zero-order valence-corrected chi connectivity index (χ0v) is 26.7. The maximum Gasteiger partial charge on any atom is 0.372 e. The molecule has 2 aromatic rings. The van der Waals surface area contributed by atoms with E-state index < -0.39 is 114 Å². The number of carboxylic acid groups (broad SMARTS) is 2. The van der Waals surface area contributed by atoms with Gasteiger partial charge in [0.1, 0.15) is 6.04 Å². The summed E-state index contributed by atoms with van der Waals surface area (Å²) in [6, 6.07) is -0.275. The van der Waals surface area contributed by atoms with Crippen molar-refractivity contribution in [3.63, 3.8) is 0 Å². The van der Waals surface area contributed by atoms with Crippen LogP contribution in [-0.2, 0) is 43.1 Å². The second-order valence-electron chi connectivity index (χ2n) is 12.5. The third-order valence-corrected chi connectivity index (χ3v) is 9.86. The van der Waals surface area contributed by atoms with Crippen LogP contribution in [0.3, 0.4) is 0 Å². The summed E-state index contributed by atoms with van der Waals surface area (Å²) in [5, 5.41) is 43.9. The largest absolute Gasteiger partial charge is 0.504 e. The molecule has 21 nitrogen and oxygen atoms in total. The molecule has 4 unspecified atom stereocenters. The van der Waals surface area contributed by atoms with Gasteiger partial charge in [0, 0.05) is 30.8 Å². The van der Waals surface area contributed by atoms with Gasteiger partial charge < -0.3 is 40.5 Å². The number of hydrogen-bond acceptors (Lipinski definition) is 18. The van der Waals surface area contributed by atoms with Crippen LogP contribution in [0, 0.1) is 5.92 Å². The van der Waals surface area contributed by atoms with Crippen molar-refractivity contribution in [2.24, 2.45) is 11.1 Å². The minimum absolute atomic E-state index is 0.0526. The lowest BCUT2D eigenvalue weighted by Crippen LogP contribution is -2.56. The highest BCUT2D eigenvalue weighted by atomic mass is 32.1. The predicted molar refractivity (Wildman–Crippen MR) is 160 cm³/mol. The van der Waals surface area contributed by atoms with E-state index in [1.54, 1.807) is 0 Å². The first-order chi connectivity index (χ1) is 24.1. The summed E-state index contributed by atoms with van der Waals surface area (Å²) in [5.74, 6) is -12.1. The quantitative estimate of drug-likeness (QED) is 0.0654. The average molecular weight is 731 g/mol. The summed E-state index contributed by atoms with van der Waals surface area (Å²) in [6.07, 6.45) is -1.37. The molecule has 51 heavy (non-hydrogen) atoms. The van der Waals surface area contributed by atoms with Crippen molar-refractivity contribution in [1.82, 2.24) is 19.3 Å². The summed E-state index contributed by atoms with van der Waals surface area (Å²) >= 11 is 0.701. The number of aliphatic carboxylic acids is 2. The Balaban J connectivity index is 1.11. The normalized spacial score (nSPS) is 30.2. The van der Waals surface area contributed by atoms with Gasteiger partial charge in [-0.1, -0.05) is 5.16 Å². The van der Waals surface area contributed by atoms with Gasteiger partial charge in [0.05, 0.1) is 42.3 Å². The minimum Gasteiger partial charge on any atom is -0.504 e. The van der Waals surface area contributed by atoms with Gasteiger partial charge in [0.2, 0.25) is 11.4 Å². The van der Waals surface area contributed by atoms with Gasteiger partial charge in [-0.15, -0.1) is 0 Å². The maximum atomic E-state index is 13.6. The summed E-state index contributed by atoms with van der Waals surface area (Å²) in [7, 11) is 0. The molecule has 5 aliphatic heterocycles. The fourth-order valence-corrected chi connectivity index (χ4v) is 7.24. The number of hydroxylamine groups is 2. The Morgan fingerprint density at radius 3 is 2.18 bits per heavy atom. The fraction of sp³-hybridized carbons (Fsp3) is 0.448. The first-order valence-corrected chi connectivity index (χ1v) is 16.1. The van der Waals surface area contributed by atoms with Crippen LogP contribution in [0.15, 0.2) is 17.3 Å². The van der Waals surface area contributed by atoms with Gasteiger partial charge >= 0.3 is 23.6 Å². The molecule has 4 fully saturated rings. The molecule has 0 aliphatic carbocycles. The molecule has 1 aromatic carbocycles. The molecular formula is C29H26N6O15S. The topological polar surface area (TPSA) is 308 Å². The summed E-state index contributed by atoms with van der Waals surface area (Å²) < 4.78 is 14.8. The number of aromatic hydroxyl groups is 2. The SMILES string of the molecule is Nc1nc(/C(=N/OC2(C(=O)O)CC3CCC(C2)O3)C(=O)C[C@H]2CON(C3(C(=O)O)CC(N4C(=O)c5cc(O)c(O)cc5C4=O)C(=O)O3)C2=O)ns1. The van der Waals surface area contributed by atoms with Gasteiger partial charge in [0.15, 0.2) is 28.1 Å². The van der Waals surface area contributed by atoms with Crippen molar-refractivity contribution in [2.75, 3.05) is 12.3 Å². The van der Waals surface area contributed by atoms with Crippen molar-refractivity contribution < 1.29 is 73.1 Å². The van der Waals surface area contributed by atoms with Crippen molar-refractivity contribution in [3.8, 4) is 11.5 Å². The molecule has 3 amide bonds. The smallest absolute Gasteiger partial charge is 0.372 e. The monoisotopic (exact) mass is 730 g/mol. The van der Waals surface area contributed by atoms with Gasteiger partial charge in [-0.05, 0) is 25.0 Å². The van der Waals surface area contributed by atoms with Gasteiger partial charge in [-0.2, -0.15) is 14.4 Å². The van der Waals surface area contributed by atoms with E-state index in [1.807, 2.05) is 0 Å². The molecule has 0 radical (unpaired) electrons. The third kappa shape index (κ3) is 5.38. The van der Waals surface area contributed by atoms with Gasteiger partial charge in [0.25, 0.3) is 17.7 Å². The lowest BCUT2D eigenvalue weighted by molar-refractivity contribution is -0.256. The Bertz CT molecular complexity index is 1910. The number of esters is 1. The minimum atomic E-state index is -2.89. The standard InChI is InChI=1S/C29H26N6O15S/c30-27-31-20(33-51-27)19(32-50-28(25(43)44)6-11-1-2-12(7-28)48-11)18(38)3-10-9-47-35(21(10)39)29(26(45)46)8-15(24(42)49-29)34-22(40)13-4-16(36)17(37)5-14(13)23(34)41/h4-5,10-12,15,36-37H,1-3,6-9H2,(H,43,44)(H,45,46)(H2,30,31,33)/b32-19+/t10-,11?,12?,15?,28?,29?/m0/s1. The molecule has 0 spiro atoms. The highest BCUT2D eigenvalue weighted by Gasteiger charge is 2.65. The molecule has 5 atom stereocenters. The maximum absolute atomic E-state index is 13.6. The van der Waals surface area contributed by atoms with Crippen LogP contribution < -0.4 is 5.73 Å². The number of ether oxygens (including phenoxy) is 2. The number of nitrogen functional groups attached to an aromatic ring is 1. The number of nitrogens with zero attached hydrogens (tertiary/aromatic N) is 5. The molecule has 1 aromatic heterocycles. The molecule has 7 rings (SSSR count). The van der Waals surface area contributed by atoms with E-state index >= 15 is 0 Å². The van der Waals surface area contributed by atoms with Crippen LogP contribution in [0.2, 0.25) is 0 Å². The molecule has 5 aliphatic rings.